The summed E-state index contributed by atoms with van der Waals surface area (Å²) in [6.07, 6.45) is 2.15. The molecule has 3 saturated heterocycles. The van der Waals surface area contributed by atoms with Crippen LogP contribution in [0.15, 0.2) is 72.8 Å². The van der Waals surface area contributed by atoms with E-state index in [1.165, 1.54) is 0 Å². The van der Waals surface area contributed by atoms with Crippen molar-refractivity contribution >= 4 is 34.2 Å². The smallest absolute Gasteiger partial charge is 0.250 e. The first-order valence-electron chi connectivity index (χ1n) is 15.5. The molecule has 3 aromatic rings. The monoisotopic (exact) mass is 583 g/mol. The largest absolute Gasteiger partial charge is 0.394 e. The molecule has 3 fully saturated rings. The fourth-order valence-electron chi connectivity index (χ4n) is 7.94. The van der Waals surface area contributed by atoms with Gasteiger partial charge in [-0.25, -0.2) is 0 Å². The molecule has 8 nitrogen and oxygen atoms in total. The van der Waals surface area contributed by atoms with Crippen LogP contribution in [0, 0.1) is 17.8 Å². The van der Waals surface area contributed by atoms with Crippen molar-refractivity contribution in [1.82, 2.24) is 10.2 Å². The molecule has 0 aromatic heterocycles. The van der Waals surface area contributed by atoms with Crippen LogP contribution in [-0.2, 0) is 25.7 Å². The number of nitrogens with zero attached hydrogens (tertiary/aromatic N) is 1. The predicted molar refractivity (Wildman–Crippen MR) is 165 cm³/mol. The summed E-state index contributed by atoms with van der Waals surface area (Å²) in [4.78, 5) is 44.4. The summed E-state index contributed by atoms with van der Waals surface area (Å²) < 4.78 is 6.88. The van der Waals surface area contributed by atoms with Crippen molar-refractivity contribution in [1.29, 1.82) is 0 Å². The number of fused-ring (bicyclic) bond motifs is 2. The Morgan fingerprint density at radius 3 is 2.42 bits per heavy atom. The van der Waals surface area contributed by atoms with Crippen LogP contribution in [0.25, 0.3) is 10.8 Å². The van der Waals surface area contributed by atoms with E-state index in [2.05, 4.69) is 10.6 Å². The molecule has 3 aromatic carbocycles. The first-order chi connectivity index (χ1) is 20.7. The summed E-state index contributed by atoms with van der Waals surface area (Å²) in [5.41, 5.74) is -0.408. The Morgan fingerprint density at radius 2 is 1.72 bits per heavy atom. The number of aliphatic hydroxyl groups excluding tert-OH is 1. The number of nitrogens with one attached hydrogen (secondary N) is 2. The lowest BCUT2D eigenvalue weighted by Gasteiger charge is -2.37. The SMILES string of the molecule is CC[C@@]12CCC3(O1)C(C(=O)Nc1ccc4ccccc4c1)N([C@@H](CO)CC(C)C)C(=O)[C@@H]3[C@@H]2C(=O)NCc1ccccc1. The number of carbonyl (C=O) groups is 3. The highest BCUT2D eigenvalue weighted by Gasteiger charge is 2.79. The third kappa shape index (κ3) is 4.90. The van der Waals surface area contributed by atoms with Gasteiger partial charge in [0, 0.05) is 12.2 Å². The Labute approximate surface area is 252 Å². The number of aliphatic hydroxyl groups is 1. The molecule has 3 heterocycles. The first kappa shape index (κ1) is 29.3. The number of amides is 3. The molecule has 43 heavy (non-hydrogen) atoms. The molecule has 0 radical (unpaired) electrons. The first-order valence-corrected chi connectivity index (χ1v) is 15.5. The Kier molecular flexibility index (Phi) is 7.77. The molecule has 2 unspecified atom stereocenters. The van der Waals surface area contributed by atoms with Crippen LogP contribution in [0.3, 0.4) is 0 Å². The highest BCUT2D eigenvalue weighted by Crippen LogP contribution is 2.64. The molecule has 8 heteroatoms. The Morgan fingerprint density at radius 1 is 1.00 bits per heavy atom. The summed E-state index contributed by atoms with van der Waals surface area (Å²) in [6.45, 7) is 6.10. The van der Waals surface area contributed by atoms with Crippen molar-refractivity contribution in [3.8, 4) is 0 Å². The minimum Gasteiger partial charge on any atom is -0.394 e. The predicted octanol–water partition coefficient (Wildman–Crippen LogP) is 4.66. The fourth-order valence-corrected chi connectivity index (χ4v) is 7.94. The summed E-state index contributed by atoms with van der Waals surface area (Å²) in [7, 11) is 0. The van der Waals surface area contributed by atoms with E-state index in [0.717, 1.165) is 16.3 Å². The second-order valence-corrected chi connectivity index (χ2v) is 12.8. The van der Waals surface area contributed by atoms with Gasteiger partial charge >= 0.3 is 0 Å². The van der Waals surface area contributed by atoms with Gasteiger partial charge in [-0.1, -0.05) is 81.4 Å². The van der Waals surface area contributed by atoms with Gasteiger partial charge in [0.2, 0.25) is 17.7 Å². The molecule has 1 spiro atoms. The molecule has 0 saturated carbocycles. The van der Waals surface area contributed by atoms with Crippen LogP contribution < -0.4 is 10.6 Å². The molecule has 6 rings (SSSR count). The molecule has 3 N–H and O–H groups in total. The van der Waals surface area contributed by atoms with E-state index in [9.17, 15) is 19.5 Å². The van der Waals surface area contributed by atoms with Gasteiger partial charge in [-0.15, -0.1) is 0 Å². The van der Waals surface area contributed by atoms with Crippen molar-refractivity contribution < 1.29 is 24.2 Å². The van der Waals surface area contributed by atoms with Gasteiger partial charge in [0.05, 0.1) is 30.1 Å². The van der Waals surface area contributed by atoms with Crippen LogP contribution in [0.1, 0.15) is 52.0 Å². The Balaban J connectivity index is 1.37. The van der Waals surface area contributed by atoms with Crippen LogP contribution >= 0.6 is 0 Å². The molecular weight excluding hydrogens is 542 g/mol. The molecule has 2 bridgehead atoms. The summed E-state index contributed by atoms with van der Waals surface area (Å²) >= 11 is 0. The van der Waals surface area contributed by atoms with Crippen LogP contribution in [0.5, 0.6) is 0 Å². The maximum absolute atomic E-state index is 14.5. The number of anilines is 1. The minimum atomic E-state index is -1.16. The normalized spacial score (nSPS) is 28.3. The molecular formula is C35H41N3O5. The van der Waals surface area contributed by atoms with Gasteiger partial charge in [-0.3, -0.25) is 14.4 Å². The van der Waals surface area contributed by atoms with Crippen molar-refractivity contribution in [2.75, 3.05) is 11.9 Å². The van der Waals surface area contributed by atoms with Gasteiger partial charge in [0.1, 0.15) is 11.6 Å². The quantitative estimate of drug-likeness (QED) is 0.322. The van der Waals surface area contributed by atoms with Crippen LogP contribution in [0.4, 0.5) is 5.69 Å². The number of benzene rings is 3. The van der Waals surface area contributed by atoms with Crippen molar-refractivity contribution in [2.45, 2.75) is 76.3 Å². The molecule has 3 amide bonds. The number of rotatable bonds is 10. The average molecular weight is 584 g/mol. The van der Waals surface area contributed by atoms with Gasteiger partial charge < -0.3 is 25.4 Å². The lowest BCUT2D eigenvalue weighted by Crippen LogP contribution is -2.56. The second kappa shape index (κ2) is 11.4. The van der Waals surface area contributed by atoms with Gasteiger partial charge in [0.25, 0.3) is 0 Å². The lowest BCUT2D eigenvalue weighted by atomic mass is 9.65. The fraction of sp³-hybridized carbons (Fsp3) is 0.457. The van der Waals surface area contributed by atoms with E-state index >= 15 is 0 Å². The third-order valence-electron chi connectivity index (χ3n) is 9.82. The summed E-state index contributed by atoms with van der Waals surface area (Å²) in [6, 6.07) is 21.8. The number of hydrogen-bond acceptors (Lipinski definition) is 5. The van der Waals surface area contributed by atoms with Crippen LogP contribution in [0.2, 0.25) is 0 Å². The van der Waals surface area contributed by atoms with E-state index < -0.39 is 35.1 Å². The number of hydrogen-bond donors (Lipinski definition) is 3. The Bertz CT molecular complexity index is 1530. The highest BCUT2D eigenvalue weighted by molar-refractivity contribution is 6.04. The van der Waals surface area contributed by atoms with Gasteiger partial charge in [-0.2, -0.15) is 0 Å². The topological polar surface area (TPSA) is 108 Å². The molecule has 0 aliphatic carbocycles. The number of likely N-dealkylation sites (tertiary alicyclic amines) is 1. The van der Waals surface area contributed by atoms with E-state index in [1.807, 2.05) is 93.6 Å². The zero-order valence-electron chi connectivity index (χ0n) is 25.1. The summed E-state index contributed by atoms with van der Waals surface area (Å²) in [5, 5.41) is 18.7. The van der Waals surface area contributed by atoms with Crippen LogP contribution in [-0.4, -0.2) is 57.6 Å². The maximum atomic E-state index is 14.5. The van der Waals surface area contributed by atoms with E-state index in [1.54, 1.807) is 4.90 Å². The number of carbonyl (C=O) groups excluding carboxylic acids is 3. The van der Waals surface area contributed by atoms with Crippen molar-refractivity contribution in [3.63, 3.8) is 0 Å². The Hall–Kier alpha value is -3.75. The average Bonchev–Trinajstić information content (AvgIpc) is 3.62. The zero-order valence-corrected chi connectivity index (χ0v) is 25.1. The number of ether oxygens (including phenoxy) is 1. The maximum Gasteiger partial charge on any atom is 0.250 e. The molecule has 6 atom stereocenters. The van der Waals surface area contributed by atoms with Gasteiger partial charge in [-0.05, 0) is 60.1 Å². The summed E-state index contributed by atoms with van der Waals surface area (Å²) in [5.74, 6) is -2.24. The molecule has 3 aliphatic rings. The third-order valence-corrected chi connectivity index (χ3v) is 9.82. The minimum absolute atomic E-state index is 0.177. The van der Waals surface area contributed by atoms with Gasteiger partial charge in [0.15, 0.2) is 0 Å². The standard InChI is InChI=1S/C35H41N3O5/c1-4-34-16-17-35(43-34)29(28(34)31(40)36-20-23-10-6-5-7-11-23)33(42)38(27(21-39)18-22(2)3)30(35)32(41)37-26-15-14-24-12-8-9-13-25(24)19-26/h5-15,19,22,27-30,39H,4,16-18,20-21H2,1-3H3,(H,36,40)(H,37,41)/t27-,28-,29+,30?,34+,35?/m1/s1. The van der Waals surface area contributed by atoms with E-state index in [4.69, 9.17) is 4.74 Å². The highest BCUT2D eigenvalue weighted by atomic mass is 16.5. The zero-order chi connectivity index (χ0) is 30.4. The van der Waals surface area contributed by atoms with Crippen molar-refractivity contribution in [2.24, 2.45) is 17.8 Å². The van der Waals surface area contributed by atoms with E-state index in [-0.39, 0.29) is 30.2 Å². The molecule has 3 aliphatic heterocycles. The van der Waals surface area contributed by atoms with E-state index in [0.29, 0.717) is 37.9 Å². The second-order valence-electron chi connectivity index (χ2n) is 12.8. The lowest BCUT2D eigenvalue weighted by molar-refractivity contribution is -0.149. The molecule has 226 valence electrons. The van der Waals surface area contributed by atoms with Crippen molar-refractivity contribution in [3.05, 3.63) is 78.4 Å².